The Hall–Kier alpha value is -1.26. The van der Waals surface area contributed by atoms with Crippen LogP contribution in [-0.2, 0) is 6.61 Å². The number of hydrogen-bond acceptors (Lipinski definition) is 4. The van der Waals surface area contributed by atoms with Crippen LogP contribution in [0.5, 0.6) is 11.5 Å². The molecule has 1 aromatic carbocycles. The van der Waals surface area contributed by atoms with Crippen LogP contribution < -0.4 is 9.47 Å². The number of methoxy groups -OCH3 is 1. The highest BCUT2D eigenvalue weighted by molar-refractivity contribution is 5.42. The average molecular weight is 226 g/mol. The third-order valence-corrected chi connectivity index (χ3v) is 1.99. The van der Waals surface area contributed by atoms with Crippen LogP contribution in [0.25, 0.3) is 0 Å². The van der Waals surface area contributed by atoms with Gasteiger partial charge in [-0.1, -0.05) is 6.07 Å². The Morgan fingerprint density at radius 3 is 2.44 bits per heavy atom. The van der Waals surface area contributed by atoms with E-state index >= 15 is 0 Å². The summed E-state index contributed by atoms with van der Waals surface area (Å²) in [4.78, 5) is 0. The maximum atomic E-state index is 9.55. The Labute approximate surface area is 95.4 Å². The van der Waals surface area contributed by atoms with Gasteiger partial charge in [-0.15, -0.1) is 0 Å². The molecular weight excluding hydrogens is 208 g/mol. The fourth-order valence-electron chi connectivity index (χ4n) is 1.19. The van der Waals surface area contributed by atoms with Crippen molar-refractivity contribution >= 4 is 0 Å². The van der Waals surface area contributed by atoms with Crippen molar-refractivity contribution in [3.05, 3.63) is 23.8 Å². The van der Waals surface area contributed by atoms with Gasteiger partial charge in [-0.2, -0.15) is 0 Å². The van der Waals surface area contributed by atoms with Crippen molar-refractivity contribution in [3.8, 4) is 11.5 Å². The molecule has 90 valence electrons. The molecule has 0 spiro atoms. The predicted molar refractivity (Wildman–Crippen MR) is 60.7 cm³/mol. The van der Waals surface area contributed by atoms with Gasteiger partial charge >= 0.3 is 0 Å². The minimum atomic E-state index is -0.903. The van der Waals surface area contributed by atoms with E-state index in [9.17, 15) is 5.11 Å². The van der Waals surface area contributed by atoms with Crippen LogP contribution in [0.3, 0.4) is 0 Å². The second-order valence-electron chi connectivity index (χ2n) is 4.24. The summed E-state index contributed by atoms with van der Waals surface area (Å²) in [5.74, 6) is 1.11. The molecule has 0 heterocycles. The quantitative estimate of drug-likeness (QED) is 0.795. The molecule has 16 heavy (non-hydrogen) atoms. The van der Waals surface area contributed by atoms with Crippen molar-refractivity contribution in [2.45, 2.75) is 26.1 Å². The molecule has 0 amide bonds. The summed E-state index contributed by atoms with van der Waals surface area (Å²) < 4.78 is 10.6. The SMILES string of the molecule is COc1ccc(CO)cc1OCC(C)(C)O. The lowest BCUT2D eigenvalue weighted by molar-refractivity contribution is 0.0275. The van der Waals surface area contributed by atoms with Gasteiger partial charge in [-0.05, 0) is 31.5 Å². The lowest BCUT2D eigenvalue weighted by Gasteiger charge is -2.19. The number of hydrogen-bond donors (Lipinski definition) is 2. The van der Waals surface area contributed by atoms with E-state index in [1.54, 1.807) is 39.2 Å². The molecule has 0 radical (unpaired) electrons. The number of ether oxygens (including phenoxy) is 2. The van der Waals surface area contributed by atoms with Gasteiger partial charge in [0.15, 0.2) is 11.5 Å². The van der Waals surface area contributed by atoms with Crippen molar-refractivity contribution < 1.29 is 19.7 Å². The van der Waals surface area contributed by atoms with Gasteiger partial charge in [0.25, 0.3) is 0 Å². The highest BCUT2D eigenvalue weighted by Gasteiger charge is 2.15. The van der Waals surface area contributed by atoms with Crippen LogP contribution in [0.15, 0.2) is 18.2 Å². The van der Waals surface area contributed by atoms with Gasteiger partial charge in [0, 0.05) is 0 Å². The molecule has 0 aliphatic rings. The maximum absolute atomic E-state index is 9.55. The molecule has 1 aromatic rings. The summed E-state index contributed by atoms with van der Waals surface area (Å²) in [6, 6.07) is 5.19. The highest BCUT2D eigenvalue weighted by Crippen LogP contribution is 2.28. The lowest BCUT2D eigenvalue weighted by Crippen LogP contribution is -2.28. The molecule has 0 bridgehead atoms. The number of aliphatic hydroxyl groups is 2. The Balaban J connectivity index is 2.83. The standard InChI is InChI=1S/C12H18O4/c1-12(2,14)8-16-11-6-9(7-13)4-5-10(11)15-3/h4-6,13-14H,7-8H2,1-3H3. The minimum Gasteiger partial charge on any atom is -0.493 e. The van der Waals surface area contributed by atoms with Crippen molar-refractivity contribution in [1.82, 2.24) is 0 Å². The predicted octanol–water partition coefficient (Wildman–Crippen LogP) is 1.34. The molecule has 0 aliphatic carbocycles. The molecule has 4 nitrogen and oxygen atoms in total. The second-order valence-corrected chi connectivity index (χ2v) is 4.24. The Morgan fingerprint density at radius 2 is 1.94 bits per heavy atom. The first-order chi connectivity index (χ1) is 7.46. The smallest absolute Gasteiger partial charge is 0.161 e. The van der Waals surface area contributed by atoms with Crippen molar-refractivity contribution in [3.63, 3.8) is 0 Å². The van der Waals surface area contributed by atoms with Crippen LogP contribution in [0.4, 0.5) is 0 Å². The number of aliphatic hydroxyl groups excluding tert-OH is 1. The van der Waals surface area contributed by atoms with Crippen LogP contribution in [-0.4, -0.2) is 29.5 Å². The second kappa shape index (κ2) is 5.18. The third-order valence-electron chi connectivity index (χ3n) is 1.99. The fourth-order valence-corrected chi connectivity index (χ4v) is 1.19. The fraction of sp³-hybridized carbons (Fsp3) is 0.500. The number of rotatable bonds is 5. The summed E-state index contributed by atoms with van der Waals surface area (Å²) in [5.41, 5.74) is -0.160. The molecular formula is C12H18O4. The first-order valence-electron chi connectivity index (χ1n) is 5.09. The van der Waals surface area contributed by atoms with Gasteiger partial charge < -0.3 is 19.7 Å². The van der Waals surface area contributed by atoms with Crippen LogP contribution in [0.2, 0.25) is 0 Å². The lowest BCUT2D eigenvalue weighted by atomic mass is 10.1. The maximum Gasteiger partial charge on any atom is 0.161 e. The minimum absolute atomic E-state index is 0.0527. The molecule has 0 atom stereocenters. The Kier molecular flexibility index (Phi) is 4.15. The molecule has 0 fully saturated rings. The van der Waals surface area contributed by atoms with E-state index in [4.69, 9.17) is 14.6 Å². The number of benzene rings is 1. The highest BCUT2D eigenvalue weighted by atomic mass is 16.5. The molecule has 0 saturated heterocycles. The van der Waals surface area contributed by atoms with E-state index < -0.39 is 5.60 Å². The molecule has 0 aromatic heterocycles. The van der Waals surface area contributed by atoms with Crippen molar-refractivity contribution in [1.29, 1.82) is 0 Å². The largest absolute Gasteiger partial charge is 0.493 e. The average Bonchev–Trinajstić information content (AvgIpc) is 2.25. The van der Waals surface area contributed by atoms with Gasteiger partial charge in [-0.25, -0.2) is 0 Å². The van der Waals surface area contributed by atoms with E-state index in [0.717, 1.165) is 5.56 Å². The molecule has 0 saturated carbocycles. The van der Waals surface area contributed by atoms with Crippen molar-refractivity contribution in [2.24, 2.45) is 0 Å². The van der Waals surface area contributed by atoms with E-state index in [1.165, 1.54) is 0 Å². The molecule has 0 unspecified atom stereocenters. The Bertz CT molecular complexity index is 341. The monoisotopic (exact) mass is 226 g/mol. The third kappa shape index (κ3) is 3.72. The summed E-state index contributed by atoms with van der Waals surface area (Å²) in [6.07, 6.45) is 0. The molecule has 1 rings (SSSR count). The topological polar surface area (TPSA) is 58.9 Å². The van der Waals surface area contributed by atoms with E-state index in [-0.39, 0.29) is 13.2 Å². The van der Waals surface area contributed by atoms with Crippen LogP contribution >= 0.6 is 0 Å². The summed E-state index contributed by atoms with van der Waals surface area (Å²) in [7, 11) is 1.55. The summed E-state index contributed by atoms with van der Waals surface area (Å²) in [5, 5.41) is 18.6. The van der Waals surface area contributed by atoms with Gasteiger partial charge in [0.1, 0.15) is 6.61 Å². The van der Waals surface area contributed by atoms with E-state index in [2.05, 4.69) is 0 Å². The zero-order chi connectivity index (χ0) is 12.2. The summed E-state index contributed by atoms with van der Waals surface area (Å²) >= 11 is 0. The zero-order valence-corrected chi connectivity index (χ0v) is 9.86. The normalized spacial score (nSPS) is 11.3. The van der Waals surface area contributed by atoms with Crippen LogP contribution in [0, 0.1) is 0 Å². The first-order valence-corrected chi connectivity index (χ1v) is 5.09. The van der Waals surface area contributed by atoms with E-state index in [1.807, 2.05) is 0 Å². The molecule has 2 N–H and O–H groups in total. The summed E-state index contributed by atoms with van der Waals surface area (Å²) in [6.45, 7) is 3.44. The van der Waals surface area contributed by atoms with Crippen LogP contribution in [0.1, 0.15) is 19.4 Å². The first kappa shape index (κ1) is 12.8. The van der Waals surface area contributed by atoms with Gasteiger partial charge in [0.05, 0.1) is 19.3 Å². The molecule has 0 aliphatic heterocycles. The van der Waals surface area contributed by atoms with Gasteiger partial charge in [-0.3, -0.25) is 0 Å². The van der Waals surface area contributed by atoms with E-state index in [0.29, 0.717) is 11.5 Å². The zero-order valence-electron chi connectivity index (χ0n) is 9.86. The molecule has 4 heteroatoms. The Morgan fingerprint density at radius 1 is 1.25 bits per heavy atom. The van der Waals surface area contributed by atoms with Crippen molar-refractivity contribution in [2.75, 3.05) is 13.7 Å². The van der Waals surface area contributed by atoms with Gasteiger partial charge in [0.2, 0.25) is 0 Å².